The van der Waals surface area contributed by atoms with Crippen molar-refractivity contribution in [3.05, 3.63) is 47.5 Å². The minimum absolute atomic E-state index is 0.0168. The van der Waals surface area contributed by atoms with E-state index in [0.717, 1.165) is 26.2 Å². The average Bonchev–Trinajstić information content (AvgIpc) is 2.99. The van der Waals surface area contributed by atoms with Gasteiger partial charge in [-0.15, -0.1) is 0 Å². The van der Waals surface area contributed by atoms with Gasteiger partial charge in [-0.05, 0) is 65.9 Å². The van der Waals surface area contributed by atoms with Crippen molar-refractivity contribution in [3.8, 4) is 22.6 Å². The zero-order chi connectivity index (χ0) is 30.9. The lowest BCUT2D eigenvalue weighted by Gasteiger charge is -2.29. The number of nitrogens with one attached hydrogen (secondary N) is 4. The Morgan fingerprint density at radius 2 is 1.60 bits per heavy atom. The molecule has 13 heteroatoms. The second kappa shape index (κ2) is 15.1. The van der Waals surface area contributed by atoms with E-state index in [0.29, 0.717) is 35.2 Å². The maximum atomic E-state index is 13.5. The summed E-state index contributed by atoms with van der Waals surface area (Å²) in [5.74, 6) is -1.83. The predicted octanol–water partition coefficient (Wildman–Crippen LogP) is -1.72. The third-order valence-corrected chi connectivity index (χ3v) is 7.85. The van der Waals surface area contributed by atoms with Crippen molar-refractivity contribution in [1.82, 2.24) is 26.2 Å². The lowest BCUT2D eigenvalue weighted by Crippen LogP contribution is -2.57. The summed E-state index contributed by atoms with van der Waals surface area (Å²) in [7, 11) is 0. The molecule has 2 aliphatic heterocycles. The molecule has 0 aromatic heterocycles. The van der Waals surface area contributed by atoms with E-state index in [-0.39, 0.29) is 43.9 Å². The number of aromatic hydroxyl groups is 2. The van der Waals surface area contributed by atoms with Crippen molar-refractivity contribution in [3.63, 3.8) is 0 Å². The molecule has 2 aromatic carbocycles. The van der Waals surface area contributed by atoms with Gasteiger partial charge >= 0.3 is 0 Å². The number of fused-ring (bicyclic) bond motifs is 5. The number of nitrogens with two attached hydrogens (primary N) is 2. The molecule has 234 valence electrons. The first-order valence-electron chi connectivity index (χ1n) is 14.7. The number of carbonyl (C=O) groups is 3. The molecular weight excluding hydrogens is 554 g/mol. The van der Waals surface area contributed by atoms with Gasteiger partial charge in [0.05, 0.1) is 12.1 Å². The number of benzene rings is 2. The lowest BCUT2D eigenvalue weighted by atomic mass is 9.95. The lowest BCUT2D eigenvalue weighted by molar-refractivity contribution is -0.132. The van der Waals surface area contributed by atoms with Crippen molar-refractivity contribution in [1.29, 1.82) is 0 Å². The SMILES string of the molecule is NCCC[C@H]1NC(=O)[C@@H](N)Cc2cc(ccc2O)-c2ccc(O)c(c2)C[C@H](C(=O)NCC(O)CN2CCNCC2)NC1=O. The van der Waals surface area contributed by atoms with E-state index in [1.54, 1.807) is 24.3 Å². The fraction of sp³-hybridized carbons (Fsp3) is 0.500. The number of hydrogen-bond acceptors (Lipinski definition) is 10. The number of nitrogens with zero attached hydrogens (tertiary/aromatic N) is 1. The van der Waals surface area contributed by atoms with Gasteiger partial charge in [-0.25, -0.2) is 0 Å². The van der Waals surface area contributed by atoms with E-state index in [4.69, 9.17) is 11.5 Å². The molecular formula is C30H43N7O6. The highest BCUT2D eigenvalue weighted by molar-refractivity contribution is 5.93. The number of phenolic OH excluding ortho intramolecular Hbond substituents is 2. The Balaban J connectivity index is 1.63. The predicted molar refractivity (Wildman–Crippen MR) is 161 cm³/mol. The molecule has 13 nitrogen and oxygen atoms in total. The number of amides is 3. The monoisotopic (exact) mass is 597 g/mol. The summed E-state index contributed by atoms with van der Waals surface area (Å²) >= 11 is 0. The first-order chi connectivity index (χ1) is 20.6. The standard InChI is InChI=1S/C30H43N7O6/c31-7-1-2-24-30(43)36-25(29(42)34-16-22(38)17-37-10-8-33-9-11-37)15-21-13-19(4-6-27(21)40)18-3-5-26(39)20(12-18)14-23(32)28(41)35-24/h3-6,12-13,22-25,33,38-40H,1-2,7-11,14-17,31-32H2,(H,34,42)(H,35,41)(H,36,43)/t22?,23-,24+,25+/m0/s1. The van der Waals surface area contributed by atoms with E-state index in [2.05, 4.69) is 26.2 Å². The summed E-state index contributed by atoms with van der Waals surface area (Å²) in [5, 5.41) is 43.2. The molecule has 0 saturated carbocycles. The van der Waals surface area contributed by atoms with E-state index >= 15 is 0 Å². The summed E-state index contributed by atoms with van der Waals surface area (Å²) in [6.45, 7) is 3.89. The number of aliphatic hydroxyl groups excluding tert-OH is 1. The zero-order valence-corrected chi connectivity index (χ0v) is 24.2. The van der Waals surface area contributed by atoms with Crippen molar-refractivity contribution in [2.45, 2.75) is 49.9 Å². The molecule has 11 N–H and O–H groups in total. The van der Waals surface area contributed by atoms with Crippen LogP contribution in [0.25, 0.3) is 11.1 Å². The average molecular weight is 598 g/mol. The van der Waals surface area contributed by atoms with Crippen LogP contribution < -0.4 is 32.7 Å². The molecule has 3 amide bonds. The zero-order valence-electron chi connectivity index (χ0n) is 24.2. The number of carbonyl (C=O) groups excluding carboxylic acids is 3. The minimum atomic E-state index is -1.13. The summed E-state index contributed by atoms with van der Waals surface area (Å²) in [5.41, 5.74) is 14.1. The molecule has 0 radical (unpaired) electrons. The van der Waals surface area contributed by atoms with E-state index in [1.165, 1.54) is 12.1 Å². The van der Waals surface area contributed by atoms with Crippen LogP contribution in [-0.2, 0) is 27.2 Å². The maximum absolute atomic E-state index is 13.5. The van der Waals surface area contributed by atoms with Crippen LogP contribution in [0.15, 0.2) is 36.4 Å². The topological polar surface area (TPSA) is 215 Å². The van der Waals surface area contributed by atoms with Crippen LogP contribution in [0.4, 0.5) is 0 Å². The van der Waals surface area contributed by atoms with Gasteiger partial charge in [0.1, 0.15) is 23.6 Å². The molecule has 1 fully saturated rings. The van der Waals surface area contributed by atoms with Crippen LogP contribution >= 0.6 is 0 Å². The highest BCUT2D eigenvalue weighted by Gasteiger charge is 2.30. The highest BCUT2D eigenvalue weighted by Crippen LogP contribution is 2.30. The van der Waals surface area contributed by atoms with E-state index in [1.807, 2.05) is 0 Å². The van der Waals surface area contributed by atoms with Crippen LogP contribution in [0.2, 0.25) is 0 Å². The summed E-state index contributed by atoms with van der Waals surface area (Å²) in [6, 6.07) is 6.62. The number of piperazine rings is 1. The smallest absolute Gasteiger partial charge is 0.243 e. The fourth-order valence-electron chi connectivity index (χ4n) is 5.36. The third kappa shape index (κ3) is 8.88. The number of β-amino-alcohol motifs (C(OH)–C–C–N with tert-alkyl or cyclic N) is 1. The Hall–Kier alpha value is -3.75. The number of hydrogen-bond donors (Lipinski definition) is 9. The molecule has 2 heterocycles. The van der Waals surface area contributed by atoms with Gasteiger partial charge in [-0.3, -0.25) is 19.3 Å². The van der Waals surface area contributed by atoms with Crippen LogP contribution in [0.5, 0.6) is 11.5 Å². The highest BCUT2D eigenvalue weighted by atomic mass is 16.3. The molecule has 43 heavy (non-hydrogen) atoms. The van der Waals surface area contributed by atoms with Gasteiger partial charge < -0.3 is 48.1 Å². The second-order valence-electron chi connectivity index (χ2n) is 11.2. The van der Waals surface area contributed by atoms with Crippen molar-refractivity contribution in [2.75, 3.05) is 45.8 Å². The van der Waals surface area contributed by atoms with Gasteiger partial charge in [0, 0.05) is 52.1 Å². The number of rotatable bonds is 8. The second-order valence-corrected chi connectivity index (χ2v) is 11.2. The van der Waals surface area contributed by atoms with Crippen LogP contribution in [-0.4, -0.2) is 108 Å². The fourth-order valence-corrected chi connectivity index (χ4v) is 5.36. The largest absolute Gasteiger partial charge is 0.508 e. The molecule has 2 aromatic rings. The molecule has 1 saturated heterocycles. The molecule has 0 aliphatic carbocycles. The van der Waals surface area contributed by atoms with Crippen molar-refractivity contribution in [2.24, 2.45) is 11.5 Å². The van der Waals surface area contributed by atoms with Gasteiger partial charge in [0.25, 0.3) is 0 Å². The summed E-state index contributed by atoms with van der Waals surface area (Å²) in [6.07, 6.45) is -0.233. The number of phenols is 2. The Morgan fingerprint density at radius 1 is 0.977 bits per heavy atom. The maximum Gasteiger partial charge on any atom is 0.243 e. The molecule has 0 spiro atoms. The van der Waals surface area contributed by atoms with Crippen molar-refractivity contribution < 1.29 is 29.7 Å². The van der Waals surface area contributed by atoms with E-state index < -0.39 is 42.0 Å². The Bertz CT molecular complexity index is 1290. The first-order valence-corrected chi connectivity index (χ1v) is 14.7. The van der Waals surface area contributed by atoms with E-state index in [9.17, 15) is 29.7 Å². The van der Waals surface area contributed by atoms with Crippen LogP contribution in [0, 0.1) is 0 Å². The molecule has 4 rings (SSSR count). The van der Waals surface area contributed by atoms with Gasteiger partial charge in [0.2, 0.25) is 17.7 Å². The van der Waals surface area contributed by atoms with Gasteiger partial charge in [-0.1, -0.05) is 12.1 Å². The molecule has 4 atom stereocenters. The Kier molecular flexibility index (Phi) is 11.3. The van der Waals surface area contributed by atoms with Crippen LogP contribution in [0.3, 0.4) is 0 Å². The minimum Gasteiger partial charge on any atom is -0.508 e. The number of aliphatic hydroxyl groups is 1. The molecule has 2 aliphatic rings. The van der Waals surface area contributed by atoms with Crippen LogP contribution in [0.1, 0.15) is 24.0 Å². The van der Waals surface area contributed by atoms with Crippen molar-refractivity contribution >= 4 is 17.7 Å². The quantitative estimate of drug-likeness (QED) is 0.168. The Morgan fingerprint density at radius 3 is 2.23 bits per heavy atom. The van der Waals surface area contributed by atoms with Gasteiger partial charge in [-0.2, -0.15) is 0 Å². The summed E-state index contributed by atoms with van der Waals surface area (Å²) < 4.78 is 0. The summed E-state index contributed by atoms with van der Waals surface area (Å²) in [4.78, 5) is 42.1. The normalized spacial score (nSPS) is 22.4. The third-order valence-electron chi connectivity index (χ3n) is 7.85. The molecule has 1 unspecified atom stereocenters. The van der Waals surface area contributed by atoms with Gasteiger partial charge in [0.15, 0.2) is 0 Å². The Labute approximate surface area is 251 Å². The molecule has 4 bridgehead atoms. The first kappa shape index (κ1) is 32.2.